The molecular weight excluding hydrogens is 318 g/mol. The Morgan fingerprint density at radius 1 is 1.32 bits per heavy atom. The van der Waals surface area contributed by atoms with Gasteiger partial charge in [-0.1, -0.05) is 12.8 Å². The first-order valence-corrected chi connectivity index (χ1v) is 8.94. The average molecular weight is 345 g/mol. The van der Waals surface area contributed by atoms with Gasteiger partial charge in [0, 0.05) is 37.8 Å². The molecule has 0 bridgehead atoms. The fraction of sp³-hybridized carbons (Fsp3) is 0.611. The molecule has 1 aliphatic heterocycles. The van der Waals surface area contributed by atoms with Crippen LogP contribution in [0.5, 0.6) is 0 Å². The summed E-state index contributed by atoms with van der Waals surface area (Å²) in [4.78, 5) is 9.50. The average Bonchev–Trinajstić information content (AvgIpc) is 2.65. The maximum absolute atomic E-state index is 8.73. The summed E-state index contributed by atoms with van der Waals surface area (Å²) in [5.41, 5.74) is 6.80. The van der Waals surface area contributed by atoms with Gasteiger partial charge in [0.15, 0.2) is 6.29 Å². The summed E-state index contributed by atoms with van der Waals surface area (Å²) in [6, 6.07) is 3.72. The Hall–Kier alpha value is -2.17. The molecule has 1 saturated heterocycles. The molecule has 1 atom stereocenters. The first-order valence-electron chi connectivity index (χ1n) is 8.94. The first-order chi connectivity index (χ1) is 12.3. The lowest BCUT2D eigenvalue weighted by molar-refractivity contribution is -0.162. The lowest BCUT2D eigenvalue weighted by atomic mass is 10.2. The van der Waals surface area contributed by atoms with Gasteiger partial charge in [0.25, 0.3) is 0 Å². The summed E-state index contributed by atoms with van der Waals surface area (Å²) in [6.07, 6.45) is 12.6. The van der Waals surface area contributed by atoms with E-state index in [2.05, 4.69) is 9.98 Å². The number of ether oxygens (including phenoxy) is 2. The number of unbranched alkanes of at least 4 members (excludes halogenated alkanes) is 3. The van der Waals surface area contributed by atoms with Crippen molar-refractivity contribution in [2.24, 2.45) is 10.7 Å². The predicted octanol–water partition coefficient (Wildman–Crippen LogP) is 2.79. The van der Waals surface area contributed by atoms with Crippen LogP contribution < -0.4 is 10.6 Å². The van der Waals surface area contributed by atoms with Gasteiger partial charge in [-0.2, -0.15) is 5.26 Å². The van der Waals surface area contributed by atoms with Gasteiger partial charge in [-0.3, -0.25) is 4.98 Å². The van der Waals surface area contributed by atoms with Crippen LogP contribution in [0.4, 0.5) is 5.69 Å². The maximum atomic E-state index is 8.73. The van der Waals surface area contributed by atoms with Crippen LogP contribution in [-0.2, 0) is 9.47 Å². The zero-order valence-electron chi connectivity index (χ0n) is 14.6. The standard InChI is InChI=1S/C18H27N5O2/c19-15-22-18(20)23(16-8-10-21-11-9-16)12-4-1-2-5-13-24-17-7-3-6-14-25-17/h8-11,17H,1-7,12-14H2,(H2,20,22). The van der Waals surface area contributed by atoms with Crippen LogP contribution in [0.2, 0.25) is 0 Å². The minimum Gasteiger partial charge on any atom is -0.369 e. The van der Waals surface area contributed by atoms with Crippen molar-refractivity contribution < 1.29 is 9.47 Å². The minimum absolute atomic E-state index is 0.00192. The van der Waals surface area contributed by atoms with Crippen LogP contribution in [-0.4, -0.2) is 37.0 Å². The van der Waals surface area contributed by atoms with E-state index in [0.29, 0.717) is 6.54 Å². The molecule has 1 unspecified atom stereocenters. The molecule has 1 aliphatic rings. The van der Waals surface area contributed by atoms with Crippen LogP contribution in [0.1, 0.15) is 44.9 Å². The summed E-state index contributed by atoms with van der Waals surface area (Å²) < 4.78 is 11.3. The summed E-state index contributed by atoms with van der Waals surface area (Å²) >= 11 is 0. The number of rotatable bonds is 9. The predicted molar refractivity (Wildman–Crippen MR) is 96.8 cm³/mol. The highest BCUT2D eigenvalue weighted by molar-refractivity contribution is 5.95. The number of aliphatic imine (C=N–C) groups is 1. The Morgan fingerprint density at radius 3 is 2.84 bits per heavy atom. The van der Waals surface area contributed by atoms with E-state index in [1.54, 1.807) is 18.6 Å². The number of hydrogen-bond donors (Lipinski definition) is 1. The number of nitrogens with zero attached hydrogens (tertiary/aromatic N) is 4. The van der Waals surface area contributed by atoms with Crippen molar-refractivity contribution in [3.8, 4) is 6.19 Å². The van der Waals surface area contributed by atoms with Crippen LogP contribution in [0.15, 0.2) is 29.5 Å². The van der Waals surface area contributed by atoms with E-state index >= 15 is 0 Å². The van der Waals surface area contributed by atoms with Crippen molar-refractivity contribution in [1.29, 1.82) is 5.26 Å². The maximum Gasteiger partial charge on any atom is 0.211 e. The van der Waals surface area contributed by atoms with Crippen molar-refractivity contribution in [2.75, 3.05) is 24.7 Å². The molecule has 2 N–H and O–H groups in total. The molecule has 1 aromatic heterocycles. The number of hydrogen-bond acceptors (Lipinski definition) is 5. The fourth-order valence-electron chi connectivity index (χ4n) is 2.79. The van der Waals surface area contributed by atoms with Crippen LogP contribution in [0.3, 0.4) is 0 Å². The summed E-state index contributed by atoms with van der Waals surface area (Å²) in [5.74, 6) is 0.214. The van der Waals surface area contributed by atoms with Gasteiger partial charge in [0.1, 0.15) is 0 Å². The molecule has 0 saturated carbocycles. The van der Waals surface area contributed by atoms with E-state index in [-0.39, 0.29) is 12.2 Å². The highest BCUT2D eigenvalue weighted by Crippen LogP contribution is 2.15. The zero-order valence-corrected chi connectivity index (χ0v) is 14.6. The van der Waals surface area contributed by atoms with Gasteiger partial charge in [0.05, 0.1) is 0 Å². The topological polar surface area (TPSA) is 96.8 Å². The molecule has 2 heterocycles. The number of aromatic nitrogens is 1. The molecular formula is C18H27N5O2. The lowest BCUT2D eigenvalue weighted by Gasteiger charge is -2.23. The molecule has 1 fully saturated rings. The van der Waals surface area contributed by atoms with Gasteiger partial charge in [0.2, 0.25) is 12.2 Å². The second kappa shape index (κ2) is 11.4. The van der Waals surface area contributed by atoms with E-state index < -0.39 is 0 Å². The van der Waals surface area contributed by atoms with Crippen molar-refractivity contribution in [3.05, 3.63) is 24.5 Å². The monoisotopic (exact) mass is 345 g/mol. The van der Waals surface area contributed by atoms with Crippen molar-refractivity contribution in [2.45, 2.75) is 51.2 Å². The van der Waals surface area contributed by atoms with Gasteiger partial charge < -0.3 is 20.1 Å². The molecule has 0 spiro atoms. The molecule has 0 aliphatic carbocycles. The zero-order chi connectivity index (χ0) is 17.7. The number of nitrogens with two attached hydrogens (primary N) is 1. The molecule has 0 aromatic carbocycles. The Bertz CT molecular complexity index is 552. The highest BCUT2D eigenvalue weighted by atomic mass is 16.7. The molecule has 0 radical (unpaired) electrons. The van der Waals surface area contributed by atoms with E-state index in [9.17, 15) is 0 Å². The first kappa shape index (κ1) is 19.2. The Labute approximate surface area is 149 Å². The molecule has 25 heavy (non-hydrogen) atoms. The number of nitriles is 1. The third-order valence-corrected chi connectivity index (χ3v) is 4.13. The molecule has 2 rings (SSSR count). The smallest absolute Gasteiger partial charge is 0.211 e. The van der Waals surface area contributed by atoms with E-state index in [1.807, 2.05) is 17.0 Å². The quantitative estimate of drug-likeness (QED) is 0.320. The third-order valence-electron chi connectivity index (χ3n) is 4.13. The van der Waals surface area contributed by atoms with Gasteiger partial charge >= 0.3 is 0 Å². The van der Waals surface area contributed by atoms with Gasteiger partial charge in [-0.05, 0) is 44.2 Å². The van der Waals surface area contributed by atoms with Crippen LogP contribution in [0.25, 0.3) is 0 Å². The molecule has 136 valence electrons. The van der Waals surface area contributed by atoms with Crippen LogP contribution in [0, 0.1) is 11.5 Å². The molecule has 0 amide bonds. The van der Waals surface area contributed by atoms with Gasteiger partial charge in [-0.25, -0.2) is 0 Å². The Balaban J connectivity index is 1.65. The molecule has 1 aromatic rings. The fourth-order valence-corrected chi connectivity index (χ4v) is 2.79. The lowest BCUT2D eigenvalue weighted by Crippen LogP contribution is -2.38. The molecule has 7 nitrogen and oxygen atoms in total. The van der Waals surface area contributed by atoms with Crippen molar-refractivity contribution in [1.82, 2.24) is 4.98 Å². The SMILES string of the molecule is N#CN=C(N)N(CCCCCCOC1CCCCO1)c1ccncc1. The summed E-state index contributed by atoms with van der Waals surface area (Å²) in [6.45, 7) is 2.28. The number of anilines is 1. The number of pyridine rings is 1. The Kier molecular flexibility index (Phi) is 8.73. The van der Waals surface area contributed by atoms with E-state index in [4.69, 9.17) is 20.5 Å². The minimum atomic E-state index is -0.00192. The van der Waals surface area contributed by atoms with Crippen molar-refractivity contribution >= 4 is 11.6 Å². The normalized spacial score (nSPS) is 17.9. The van der Waals surface area contributed by atoms with Crippen molar-refractivity contribution in [3.63, 3.8) is 0 Å². The third kappa shape index (κ3) is 7.08. The highest BCUT2D eigenvalue weighted by Gasteiger charge is 2.13. The van der Waals surface area contributed by atoms with Gasteiger partial charge in [-0.15, -0.1) is 4.99 Å². The largest absolute Gasteiger partial charge is 0.369 e. The second-order valence-corrected chi connectivity index (χ2v) is 6.01. The Morgan fingerprint density at radius 2 is 2.12 bits per heavy atom. The van der Waals surface area contributed by atoms with E-state index in [1.165, 1.54) is 6.42 Å². The second-order valence-electron chi connectivity index (χ2n) is 6.01. The molecule has 7 heteroatoms. The summed E-state index contributed by atoms with van der Waals surface area (Å²) in [7, 11) is 0. The summed E-state index contributed by atoms with van der Waals surface area (Å²) in [5, 5.41) is 8.73. The van der Waals surface area contributed by atoms with Crippen LogP contribution >= 0.6 is 0 Å². The van der Waals surface area contributed by atoms with E-state index in [0.717, 1.165) is 57.4 Å². The number of guanidine groups is 1.